The number of amides is 1. The van der Waals surface area contributed by atoms with Crippen molar-refractivity contribution in [3.05, 3.63) is 72.8 Å². The highest BCUT2D eigenvalue weighted by atomic mass is 35.5. The first-order chi connectivity index (χ1) is 16.0. The van der Waals surface area contributed by atoms with Gasteiger partial charge in [-0.25, -0.2) is 0 Å². The summed E-state index contributed by atoms with van der Waals surface area (Å²) >= 11 is 5.92. The molecule has 0 bridgehead atoms. The second-order valence-corrected chi connectivity index (χ2v) is 9.58. The van der Waals surface area contributed by atoms with Crippen molar-refractivity contribution < 1.29 is 19.4 Å². The van der Waals surface area contributed by atoms with Crippen molar-refractivity contribution in [2.75, 3.05) is 32.8 Å². The van der Waals surface area contributed by atoms with Gasteiger partial charge in [-0.1, -0.05) is 44.5 Å². The Hall–Kier alpha value is -3.24. The molecule has 182 valence electrons. The van der Waals surface area contributed by atoms with Crippen LogP contribution in [0.5, 0.6) is 5.75 Å². The van der Waals surface area contributed by atoms with E-state index in [-0.39, 0.29) is 5.91 Å². The summed E-state index contributed by atoms with van der Waals surface area (Å²) in [6, 6.07) is 10.1. The van der Waals surface area contributed by atoms with Gasteiger partial charge in [0, 0.05) is 49.4 Å². The zero-order valence-corrected chi connectivity index (χ0v) is 20.1. The van der Waals surface area contributed by atoms with Gasteiger partial charge in [-0.2, -0.15) is 0 Å². The maximum Gasteiger partial charge on any atom is 0.321 e. The first-order valence-corrected chi connectivity index (χ1v) is 11.2. The number of nitro groups is 2. The fraction of sp³-hybridized carbons (Fsp3) is 0.435. The van der Waals surface area contributed by atoms with Crippen molar-refractivity contribution in [2.24, 2.45) is 0 Å². The first-order valence-electron chi connectivity index (χ1n) is 10.8. The summed E-state index contributed by atoms with van der Waals surface area (Å²) in [7, 11) is 0. The zero-order chi connectivity index (χ0) is 25.0. The molecule has 1 fully saturated rings. The van der Waals surface area contributed by atoms with Crippen LogP contribution in [0.25, 0.3) is 0 Å². The Morgan fingerprint density at radius 1 is 1.00 bits per heavy atom. The Kier molecular flexibility index (Phi) is 7.73. The molecule has 34 heavy (non-hydrogen) atoms. The molecule has 0 aliphatic carbocycles. The van der Waals surface area contributed by atoms with Gasteiger partial charge in [0.15, 0.2) is 6.61 Å². The van der Waals surface area contributed by atoms with E-state index in [0.717, 1.165) is 12.1 Å². The van der Waals surface area contributed by atoms with Gasteiger partial charge in [0.2, 0.25) is 0 Å². The third kappa shape index (κ3) is 6.00. The van der Waals surface area contributed by atoms with Gasteiger partial charge in [-0.3, -0.25) is 29.9 Å². The lowest BCUT2D eigenvalue weighted by molar-refractivity contribution is -0.396. The molecule has 1 amide bonds. The minimum Gasteiger partial charge on any atom is -0.472 e. The maximum absolute atomic E-state index is 12.7. The molecule has 0 spiro atoms. The van der Waals surface area contributed by atoms with Crippen LogP contribution in [0.3, 0.4) is 0 Å². The van der Waals surface area contributed by atoms with Gasteiger partial charge >= 0.3 is 11.4 Å². The second-order valence-electron chi connectivity index (χ2n) is 9.15. The number of carbonyl (C=O) groups is 1. The standard InChI is InChI=1S/C23H27ClN4O6/c1-23(2,3)18-8-9-19(27(30)31)22(21(18)28(32)33)34-15-20(29)26-12-10-25(11-13-26)14-16-4-6-17(24)7-5-16/h4-9H,10-15H2,1-3H3. The third-order valence-electron chi connectivity index (χ3n) is 5.68. The van der Waals surface area contributed by atoms with Gasteiger partial charge in [0.1, 0.15) is 0 Å². The molecule has 1 aliphatic heterocycles. The highest BCUT2D eigenvalue weighted by Gasteiger charge is 2.36. The molecule has 0 N–H and O–H groups in total. The molecule has 0 radical (unpaired) electrons. The average molecular weight is 491 g/mol. The van der Waals surface area contributed by atoms with Crippen LogP contribution in [0, 0.1) is 20.2 Å². The number of halogens is 1. The topological polar surface area (TPSA) is 119 Å². The second kappa shape index (κ2) is 10.4. The largest absolute Gasteiger partial charge is 0.472 e. The van der Waals surface area contributed by atoms with E-state index in [9.17, 15) is 25.0 Å². The number of rotatable bonds is 7. The lowest BCUT2D eigenvalue weighted by Crippen LogP contribution is -2.49. The Balaban J connectivity index is 1.68. The summed E-state index contributed by atoms with van der Waals surface area (Å²) in [5.74, 6) is -0.868. The quantitative estimate of drug-likeness (QED) is 0.422. The van der Waals surface area contributed by atoms with Crippen molar-refractivity contribution in [2.45, 2.75) is 32.7 Å². The Labute approximate surface area is 202 Å². The number of carbonyl (C=O) groups excluding carboxylic acids is 1. The van der Waals surface area contributed by atoms with E-state index >= 15 is 0 Å². The number of piperazine rings is 1. The van der Waals surface area contributed by atoms with Crippen LogP contribution in [0.1, 0.15) is 31.9 Å². The molecule has 2 aromatic rings. The summed E-state index contributed by atoms with van der Waals surface area (Å²) in [5, 5.41) is 24.0. The van der Waals surface area contributed by atoms with E-state index < -0.39 is 39.0 Å². The molecule has 0 saturated carbocycles. The number of hydrogen-bond acceptors (Lipinski definition) is 7. The summed E-state index contributed by atoms with van der Waals surface area (Å²) in [4.78, 5) is 38.4. The van der Waals surface area contributed by atoms with Crippen LogP contribution >= 0.6 is 11.6 Å². The van der Waals surface area contributed by atoms with Gasteiger partial charge in [-0.05, 0) is 29.2 Å². The Morgan fingerprint density at radius 3 is 2.15 bits per heavy atom. The fourth-order valence-corrected chi connectivity index (χ4v) is 3.99. The van der Waals surface area contributed by atoms with Crippen LogP contribution in [-0.4, -0.2) is 58.3 Å². The Bertz CT molecular complexity index is 1080. The Morgan fingerprint density at radius 2 is 1.62 bits per heavy atom. The van der Waals surface area contributed by atoms with Crippen molar-refractivity contribution in [1.29, 1.82) is 0 Å². The van der Waals surface area contributed by atoms with Crippen molar-refractivity contribution in [3.8, 4) is 5.75 Å². The van der Waals surface area contributed by atoms with Crippen molar-refractivity contribution in [1.82, 2.24) is 9.80 Å². The molecule has 10 nitrogen and oxygen atoms in total. The SMILES string of the molecule is CC(C)(C)c1ccc([N+](=O)[O-])c(OCC(=O)N2CCN(Cc3ccc(Cl)cc3)CC2)c1[N+](=O)[O-]. The van der Waals surface area contributed by atoms with Gasteiger partial charge < -0.3 is 9.64 Å². The molecule has 1 heterocycles. The molecule has 3 rings (SSSR count). The summed E-state index contributed by atoms with van der Waals surface area (Å²) < 4.78 is 5.47. The van der Waals surface area contributed by atoms with Crippen LogP contribution in [0.4, 0.5) is 11.4 Å². The van der Waals surface area contributed by atoms with Crippen LogP contribution in [0.15, 0.2) is 36.4 Å². The van der Waals surface area contributed by atoms with E-state index in [4.69, 9.17) is 16.3 Å². The molecule has 11 heteroatoms. The third-order valence-corrected chi connectivity index (χ3v) is 5.93. The molecule has 0 aromatic heterocycles. The normalized spacial score (nSPS) is 14.6. The molecule has 2 aromatic carbocycles. The number of nitrogens with zero attached hydrogens (tertiary/aromatic N) is 4. The predicted molar refractivity (Wildman–Crippen MR) is 127 cm³/mol. The predicted octanol–water partition coefficient (Wildman–Crippen LogP) is 4.18. The van der Waals surface area contributed by atoms with Gasteiger partial charge in [0.25, 0.3) is 11.7 Å². The number of ether oxygens (including phenoxy) is 1. The number of benzene rings is 2. The summed E-state index contributed by atoms with van der Waals surface area (Å²) in [6.45, 7) is 7.71. The van der Waals surface area contributed by atoms with Gasteiger partial charge in [-0.15, -0.1) is 0 Å². The lowest BCUT2D eigenvalue weighted by Gasteiger charge is -2.34. The van der Waals surface area contributed by atoms with Crippen LogP contribution in [0.2, 0.25) is 5.02 Å². The molecule has 0 atom stereocenters. The lowest BCUT2D eigenvalue weighted by atomic mass is 9.85. The van der Waals surface area contributed by atoms with E-state index in [1.165, 1.54) is 12.1 Å². The van der Waals surface area contributed by atoms with E-state index in [2.05, 4.69) is 4.90 Å². The van der Waals surface area contributed by atoms with E-state index in [1.54, 1.807) is 25.7 Å². The molecular weight excluding hydrogens is 464 g/mol. The monoisotopic (exact) mass is 490 g/mol. The van der Waals surface area contributed by atoms with Crippen LogP contribution in [-0.2, 0) is 16.8 Å². The average Bonchev–Trinajstić information content (AvgIpc) is 2.78. The number of nitro benzene ring substituents is 2. The molecule has 0 unspecified atom stereocenters. The molecule has 1 aliphatic rings. The highest BCUT2D eigenvalue weighted by molar-refractivity contribution is 6.30. The highest BCUT2D eigenvalue weighted by Crippen LogP contribution is 2.43. The van der Waals surface area contributed by atoms with E-state index in [0.29, 0.717) is 36.8 Å². The minimum absolute atomic E-state index is 0.293. The molecular formula is C23H27ClN4O6. The zero-order valence-electron chi connectivity index (χ0n) is 19.3. The summed E-state index contributed by atoms with van der Waals surface area (Å²) in [6.07, 6.45) is 0. The van der Waals surface area contributed by atoms with Crippen LogP contribution < -0.4 is 4.74 Å². The number of hydrogen-bond donors (Lipinski definition) is 0. The molecule has 1 saturated heterocycles. The first kappa shape index (κ1) is 25.4. The maximum atomic E-state index is 12.7. The smallest absolute Gasteiger partial charge is 0.321 e. The van der Waals surface area contributed by atoms with Crippen molar-refractivity contribution in [3.63, 3.8) is 0 Å². The van der Waals surface area contributed by atoms with E-state index in [1.807, 2.05) is 24.3 Å². The van der Waals surface area contributed by atoms with Gasteiger partial charge in [0.05, 0.1) is 9.85 Å². The fourth-order valence-electron chi connectivity index (χ4n) is 3.86. The summed E-state index contributed by atoms with van der Waals surface area (Å²) in [5.41, 5.74) is -0.269. The van der Waals surface area contributed by atoms with Crippen molar-refractivity contribution >= 4 is 28.9 Å². The minimum atomic E-state index is -0.741.